The van der Waals surface area contributed by atoms with Gasteiger partial charge in [-0.05, 0) is 12.8 Å². The minimum atomic E-state index is -0.431. The third-order valence-corrected chi connectivity index (χ3v) is 1.89. The zero-order valence-corrected chi connectivity index (χ0v) is 6.99. The number of nitrogens with zero attached hydrogens (tertiary/aromatic N) is 3. The highest BCUT2D eigenvalue weighted by Crippen LogP contribution is 2.14. The minimum Gasteiger partial charge on any atom is -0.603 e. The Labute approximate surface area is 67.1 Å². The molecule has 1 atom stereocenters. The Morgan fingerprint density at radius 3 is 2.82 bits per heavy atom. The number of hydrogen-bond donors (Lipinski definition) is 0. The van der Waals surface area contributed by atoms with Gasteiger partial charge >= 0.3 is 0 Å². The summed E-state index contributed by atoms with van der Waals surface area (Å²) < 4.78 is -0.431. The van der Waals surface area contributed by atoms with E-state index in [0.29, 0.717) is 19.6 Å². The second-order valence-electron chi connectivity index (χ2n) is 2.96. The van der Waals surface area contributed by atoms with Crippen LogP contribution in [0, 0.1) is 5.21 Å². The van der Waals surface area contributed by atoms with E-state index in [2.05, 4.69) is 17.3 Å². The summed E-state index contributed by atoms with van der Waals surface area (Å²) in [5.74, 6) is 0. The molecule has 0 radical (unpaired) electrons. The molecule has 0 spiro atoms. The van der Waals surface area contributed by atoms with Gasteiger partial charge in [-0.25, -0.2) is 4.76 Å². The van der Waals surface area contributed by atoms with E-state index >= 15 is 0 Å². The van der Waals surface area contributed by atoms with E-state index in [-0.39, 0.29) is 0 Å². The number of rotatable bonds is 4. The number of unbranched alkanes of at least 4 members (excludes halogenated alkanes) is 2. The van der Waals surface area contributed by atoms with Crippen LogP contribution in [0.4, 0.5) is 0 Å². The molecule has 0 N–H and O–H groups in total. The van der Waals surface area contributed by atoms with Gasteiger partial charge in [-0.3, -0.25) is 0 Å². The zero-order valence-electron chi connectivity index (χ0n) is 6.99. The summed E-state index contributed by atoms with van der Waals surface area (Å²) in [5.41, 5.74) is 0. The number of hydrogen-bond acceptors (Lipinski definition) is 3. The van der Waals surface area contributed by atoms with Crippen molar-refractivity contribution >= 4 is 0 Å². The fourth-order valence-corrected chi connectivity index (χ4v) is 1.17. The van der Waals surface area contributed by atoms with Crippen LogP contribution in [0.15, 0.2) is 10.3 Å². The first-order valence-electron chi connectivity index (χ1n) is 4.24. The first-order valence-corrected chi connectivity index (χ1v) is 4.24. The smallest absolute Gasteiger partial charge is 0.126 e. The minimum absolute atomic E-state index is 0.431. The van der Waals surface area contributed by atoms with Crippen molar-refractivity contribution in [1.82, 2.24) is 0 Å². The van der Waals surface area contributed by atoms with Crippen LogP contribution in [-0.4, -0.2) is 24.4 Å². The Morgan fingerprint density at radius 2 is 2.27 bits per heavy atom. The van der Waals surface area contributed by atoms with Crippen molar-refractivity contribution in [2.45, 2.75) is 26.2 Å². The van der Waals surface area contributed by atoms with Crippen molar-refractivity contribution in [3.63, 3.8) is 0 Å². The Balaban J connectivity index is 2.18. The molecular formula is C7H15N3O. The molecule has 1 unspecified atom stereocenters. The molecule has 0 aromatic rings. The summed E-state index contributed by atoms with van der Waals surface area (Å²) in [6, 6.07) is 0. The highest BCUT2D eigenvalue weighted by molar-refractivity contribution is 4.48. The SMILES string of the molecule is CCCCC[N+]1([O-])CCN=N1. The molecule has 1 heterocycles. The third kappa shape index (κ3) is 2.55. The zero-order chi connectivity index (χ0) is 8.16. The maximum Gasteiger partial charge on any atom is 0.126 e. The molecule has 1 aliphatic rings. The molecule has 4 heteroatoms. The molecule has 0 bridgehead atoms. The van der Waals surface area contributed by atoms with Gasteiger partial charge in [-0.1, -0.05) is 13.3 Å². The summed E-state index contributed by atoms with van der Waals surface area (Å²) in [4.78, 5) is 0. The van der Waals surface area contributed by atoms with Crippen molar-refractivity contribution in [2.24, 2.45) is 10.3 Å². The molecule has 11 heavy (non-hydrogen) atoms. The van der Waals surface area contributed by atoms with Crippen LogP contribution in [0.2, 0.25) is 0 Å². The van der Waals surface area contributed by atoms with E-state index in [0.717, 1.165) is 19.3 Å². The van der Waals surface area contributed by atoms with Gasteiger partial charge in [0.2, 0.25) is 0 Å². The van der Waals surface area contributed by atoms with Crippen LogP contribution < -0.4 is 0 Å². The lowest BCUT2D eigenvalue weighted by atomic mass is 10.2. The van der Waals surface area contributed by atoms with E-state index in [9.17, 15) is 5.21 Å². The Hall–Kier alpha value is -0.480. The molecule has 0 amide bonds. The van der Waals surface area contributed by atoms with Crippen molar-refractivity contribution in [3.05, 3.63) is 5.21 Å². The van der Waals surface area contributed by atoms with Crippen LogP contribution in [0.1, 0.15) is 26.2 Å². The van der Waals surface area contributed by atoms with Crippen LogP contribution >= 0.6 is 0 Å². The topological polar surface area (TPSA) is 47.8 Å². The van der Waals surface area contributed by atoms with E-state index < -0.39 is 4.76 Å². The Morgan fingerprint density at radius 1 is 1.45 bits per heavy atom. The first-order chi connectivity index (χ1) is 5.27. The molecular weight excluding hydrogens is 142 g/mol. The summed E-state index contributed by atoms with van der Waals surface area (Å²) in [6.07, 6.45) is 3.24. The van der Waals surface area contributed by atoms with Gasteiger partial charge in [0.15, 0.2) is 0 Å². The molecule has 64 valence electrons. The fourth-order valence-electron chi connectivity index (χ4n) is 1.17. The predicted molar refractivity (Wildman–Crippen MR) is 42.6 cm³/mol. The number of quaternary nitrogens is 1. The van der Waals surface area contributed by atoms with Gasteiger partial charge in [-0.2, -0.15) is 0 Å². The quantitative estimate of drug-likeness (QED) is 0.349. The summed E-state index contributed by atoms with van der Waals surface area (Å²) in [7, 11) is 0. The molecule has 1 rings (SSSR count). The van der Waals surface area contributed by atoms with E-state index in [1.54, 1.807) is 0 Å². The second-order valence-corrected chi connectivity index (χ2v) is 2.96. The lowest BCUT2D eigenvalue weighted by Gasteiger charge is -2.29. The highest BCUT2D eigenvalue weighted by atomic mass is 16.6. The number of hydroxylamine groups is 2. The van der Waals surface area contributed by atoms with E-state index in [4.69, 9.17) is 0 Å². The first kappa shape index (κ1) is 8.62. The molecule has 0 aliphatic carbocycles. The highest BCUT2D eigenvalue weighted by Gasteiger charge is 2.20. The van der Waals surface area contributed by atoms with E-state index in [1.807, 2.05) is 0 Å². The van der Waals surface area contributed by atoms with Gasteiger partial charge in [0.05, 0.1) is 0 Å². The van der Waals surface area contributed by atoms with E-state index in [1.165, 1.54) is 0 Å². The average Bonchev–Trinajstić information content (AvgIpc) is 2.38. The van der Waals surface area contributed by atoms with Crippen molar-refractivity contribution in [2.75, 3.05) is 19.6 Å². The van der Waals surface area contributed by atoms with Crippen LogP contribution in [0.5, 0.6) is 0 Å². The fraction of sp³-hybridized carbons (Fsp3) is 1.00. The average molecular weight is 157 g/mol. The maximum absolute atomic E-state index is 11.5. The molecule has 0 fully saturated rings. The lowest BCUT2D eigenvalue weighted by molar-refractivity contribution is -0.882. The molecule has 0 aromatic carbocycles. The van der Waals surface area contributed by atoms with Crippen LogP contribution in [-0.2, 0) is 0 Å². The molecule has 0 saturated carbocycles. The molecule has 0 saturated heterocycles. The Kier molecular flexibility index (Phi) is 2.96. The maximum atomic E-state index is 11.5. The standard InChI is InChI=1S/C7H15N3O/c1-2-3-4-6-10(11)7-5-8-9-10/h2-7H2,1H3. The van der Waals surface area contributed by atoms with Gasteiger partial charge in [0.1, 0.15) is 19.6 Å². The summed E-state index contributed by atoms with van der Waals surface area (Å²) in [6.45, 7) is 3.89. The molecule has 1 aliphatic heterocycles. The summed E-state index contributed by atoms with van der Waals surface area (Å²) in [5, 5.41) is 18.8. The Bertz CT molecular complexity index is 149. The monoisotopic (exact) mass is 157 g/mol. The van der Waals surface area contributed by atoms with Gasteiger partial charge in [-0.15, -0.1) is 5.11 Å². The van der Waals surface area contributed by atoms with Crippen molar-refractivity contribution in [1.29, 1.82) is 0 Å². The second kappa shape index (κ2) is 3.78. The summed E-state index contributed by atoms with van der Waals surface area (Å²) >= 11 is 0. The molecule has 4 nitrogen and oxygen atoms in total. The van der Waals surface area contributed by atoms with Gasteiger partial charge in [0.25, 0.3) is 0 Å². The van der Waals surface area contributed by atoms with Crippen LogP contribution in [0.25, 0.3) is 0 Å². The van der Waals surface area contributed by atoms with Crippen LogP contribution in [0.3, 0.4) is 0 Å². The van der Waals surface area contributed by atoms with Crippen molar-refractivity contribution in [3.8, 4) is 0 Å². The normalized spacial score (nSPS) is 29.6. The third-order valence-electron chi connectivity index (χ3n) is 1.89. The van der Waals surface area contributed by atoms with Gasteiger partial charge < -0.3 is 5.21 Å². The largest absolute Gasteiger partial charge is 0.603 e. The molecule has 0 aromatic heterocycles. The van der Waals surface area contributed by atoms with Crippen molar-refractivity contribution < 1.29 is 4.76 Å². The lowest BCUT2D eigenvalue weighted by Crippen LogP contribution is -2.35. The predicted octanol–water partition coefficient (Wildman–Crippen LogP) is 1.87. The van der Waals surface area contributed by atoms with Gasteiger partial charge in [0, 0.05) is 5.22 Å².